The lowest BCUT2D eigenvalue weighted by Gasteiger charge is -2.33. The summed E-state index contributed by atoms with van der Waals surface area (Å²) in [6, 6.07) is 7.81. The molecule has 22 heavy (non-hydrogen) atoms. The van der Waals surface area contributed by atoms with Crippen LogP contribution >= 0.6 is 0 Å². The molecule has 2 heterocycles. The lowest BCUT2D eigenvalue weighted by Crippen LogP contribution is -2.46. The second-order valence-electron chi connectivity index (χ2n) is 6.29. The third-order valence-corrected chi connectivity index (χ3v) is 4.80. The van der Waals surface area contributed by atoms with Crippen LogP contribution in [0.3, 0.4) is 0 Å². The van der Waals surface area contributed by atoms with Gasteiger partial charge in [0.05, 0.1) is 0 Å². The number of hydrogen-bond acceptors (Lipinski definition) is 3. The molecule has 0 radical (unpaired) electrons. The van der Waals surface area contributed by atoms with E-state index in [0.717, 1.165) is 24.1 Å². The highest BCUT2D eigenvalue weighted by molar-refractivity contribution is 6.40. The minimum absolute atomic E-state index is 0.0715. The van der Waals surface area contributed by atoms with Crippen LogP contribution < -0.4 is 4.90 Å². The molecule has 1 N–H and O–H groups in total. The van der Waals surface area contributed by atoms with E-state index in [9.17, 15) is 14.7 Å². The molecule has 1 aromatic carbocycles. The van der Waals surface area contributed by atoms with Crippen molar-refractivity contribution in [1.29, 1.82) is 0 Å². The van der Waals surface area contributed by atoms with Crippen LogP contribution in [0.25, 0.3) is 0 Å². The molecule has 0 bridgehead atoms. The van der Waals surface area contributed by atoms with E-state index in [2.05, 4.69) is 6.92 Å². The van der Waals surface area contributed by atoms with Crippen LogP contribution in [-0.4, -0.2) is 48.1 Å². The molecular formula is C17H22N2O3. The molecule has 0 aromatic heterocycles. The average Bonchev–Trinajstić information content (AvgIpc) is 3.03. The molecule has 5 heteroatoms. The fourth-order valence-electron chi connectivity index (χ4n) is 3.38. The molecule has 0 spiro atoms. The van der Waals surface area contributed by atoms with E-state index in [1.165, 1.54) is 0 Å². The van der Waals surface area contributed by atoms with Gasteiger partial charge in [0, 0.05) is 37.8 Å². The Bertz CT molecular complexity index is 587. The molecule has 2 amide bonds. The first-order valence-electron chi connectivity index (χ1n) is 7.92. The minimum atomic E-state index is -0.446. The van der Waals surface area contributed by atoms with E-state index in [1.54, 1.807) is 9.80 Å². The topological polar surface area (TPSA) is 60.9 Å². The normalized spacial score (nSPS) is 24.3. The summed E-state index contributed by atoms with van der Waals surface area (Å²) in [6.45, 7) is 3.84. The molecular weight excluding hydrogens is 280 g/mol. The Kier molecular flexibility index (Phi) is 4.16. The Labute approximate surface area is 130 Å². The van der Waals surface area contributed by atoms with Gasteiger partial charge in [0.25, 0.3) is 0 Å². The van der Waals surface area contributed by atoms with Gasteiger partial charge in [-0.2, -0.15) is 0 Å². The van der Waals surface area contributed by atoms with Crippen molar-refractivity contribution >= 4 is 17.5 Å². The number of carbonyl (C=O) groups excluding carboxylic acids is 2. The fraction of sp³-hybridized carbons (Fsp3) is 0.529. The third kappa shape index (κ3) is 2.61. The van der Waals surface area contributed by atoms with Crippen molar-refractivity contribution in [3.63, 3.8) is 0 Å². The number of aliphatic hydroxyl groups excluding tert-OH is 1. The van der Waals surface area contributed by atoms with Crippen molar-refractivity contribution in [1.82, 2.24) is 4.90 Å². The van der Waals surface area contributed by atoms with Gasteiger partial charge in [0.15, 0.2) is 0 Å². The van der Waals surface area contributed by atoms with E-state index in [4.69, 9.17) is 0 Å². The standard InChI is InChI=1S/C17H22N2O3/c1-12-6-9-19(15-5-3-2-4-14(12)15)17(22)16(21)18-8-7-13(10-18)11-20/h2-5,12-13,20H,6-11H2,1H3. The number of para-hydroxylation sites is 1. The first-order chi connectivity index (χ1) is 10.6. The molecule has 3 rings (SSSR count). The number of aliphatic hydroxyl groups is 1. The zero-order valence-electron chi connectivity index (χ0n) is 12.9. The van der Waals surface area contributed by atoms with Gasteiger partial charge in [-0.25, -0.2) is 0 Å². The highest BCUT2D eigenvalue weighted by Crippen LogP contribution is 2.35. The molecule has 2 aliphatic heterocycles. The third-order valence-electron chi connectivity index (χ3n) is 4.80. The van der Waals surface area contributed by atoms with Crippen LogP contribution in [0.5, 0.6) is 0 Å². The zero-order chi connectivity index (χ0) is 15.7. The van der Waals surface area contributed by atoms with Crippen molar-refractivity contribution in [2.75, 3.05) is 31.1 Å². The molecule has 5 nitrogen and oxygen atoms in total. The number of benzene rings is 1. The van der Waals surface area contributed by atoms with Gasteiger partial charge in [0.2, 0.25) is 0 Å². The van der Waals surface area contributed by atoms with Crippen LogP contribution in [0, 0.1) is 5.92 Å². The van der Waals surface area contributed by atoms with Crippen molar-refractivity contribution in [2.45, 2.75) is 25.7 Å². The van der Waals surface area contributed by atoms with Gasteiger partial charge in [-0.3, -0.25) is 9.59 Å². The van der Waals surface area contributed by atoms with Crippen LogP contribution in [0.2, 0.25) is 0 Å². The summed E-state index contributed by atoms with van der Waals surface area (Å²) in [5, 5.41) is 9.18. The monoisotopic (exact) mass is 302 g/mol. The Morgan fingerprint density at radius 3 is 2.68 bits per heavy atom. The van der Waals surface area contributed by atoms with Gasteiger partial charge < -0.3 is 14.9 Å². The van der Waals surface area contributed by atoms with Crippen LogP contribution in [0.15, 0.2) is 24.3 Å². The highest BCUT2D eigenvalue weighted by Gasteiger charge is 2.35. The lowest BCUT2D eigenvalue weighted by atomic mass is 9.91. The maximum atomic E-state index is 12.6. The van der Waals surface area contributed by atoms with Crippen molar-refractivity contribution in [3.8, 4) is 0 Å². The van der Waals surface area contributed by atoms with E-state index in [1.807, 2.05) is 24.3 Å². The molecule has 0 saturated carbocycles. The molecule has 118 valence electrons. The number of nitrogens with zero attached hydrogens (tertiary/aromatic N) is 2. The minimum Gasteiger partial charge on any atom is -0.396 e. The summed E-state index contributed by atoms with van der Waals surface area (Å²) in [5.74, 6) is -0.385. The Morgan fingerprint density at radius 1 is 1.18 bits per heavy atom. The summed E-state index contributed by atoms with van der Waals surface area (Å²) in [5.41, 5.74) is 1.99. The highest BCUT2D eigenvalue weighted by atomic mass is 16.3. The smallest absolute Gasteiger partial charge is 0.316 e. The molecule has 2 unspecified atom stereocenters. The molecule has 1 fully saturated rings. The lowest BCUT2D eigenvalue weighted by molar-refractivity contribution is -0.143. The van der Waals surface area contributed by atoms with E-state index in [0.29, 0.717) is 25.6 Å². The average molecular weight is 302 g/mol. The second-order valence-corrected chi connectivity index (χ2v) is 6.29. The van der Waals surface area contributed by atoms with Crippen molar-refractivity contribution in [3.05, 3.63) is 29.8 Å². The Hall–Kier alpha value is -1.88. The zero-order valence-corrected chi connectivity index (χ0v) is 12.9. The first kappa shape index (κ1) is 15.0. The number of fused-ring (bicyclic) bond motifs is 1. The summed E-state index contributed by atoms with van der Waals surface area (Å²) in [7, 11) is 0. The molecule has 2 aliphatic rings. The quantitative estimate of drug-likeness (QED) is 0.797. The predicted molar refractivity (Wildman–Crippen MR) is 83.6 cm³/mol. The first-order valence-corrected chi connectivity index (χ1v) is 7.92. The van der Waals surface area contributed by atoms with Crippen molar-refractivity contribution in [2.24, 2.45) is 5.92 Å². The number of likely N-dealkylation sites (tertiary alicyclic amines) is 1. The van der Waals surface area contributed by atoms with Gasteiger partial charge in [-0.15, -0.1) is 0 Å². The van der Waals surface area contributed by atoms with Crippen LogP contribution in [0.4, 0.5) is 5.69 Å². The van der Waals surface area contributed by atoms with E-state index >= 15 is 0 Å². The predicted octanol–water partition coefficient (Wildman–Crippen LogP) is 1.37. The molecule has 1 saturated heterocycles. The van der Waals surface area contributed by atoms with Gasteiger partial charge in [-0.05, 0) is 30.4 Å². The number of amides is 2. The second kappa shape index (κ2) is 6.08. The van der Waals surface area contributed by atoms with Gasteiger partial charge in [0.1, 0.15) is 0 Å². The summed E-state index contributed by atoms with van der Waals surface area (Å²) < 4.78 is 0. The van der Waals surface area contributed by atoms with Gasteiger partial charge in [-0.1, -0.05) is 25.1 Å². The van der Waals surface area contributed by atoms with Gasteiger partial charge >= 0.3 is 11.8 Å². The fourth-order valence-corrected chi connectivity index (χ4v) is 3.38. The SMILES string of the molecule is CC1CCN(C(=O)C(=O)N2CCC(CO)C2)c2ccccc21. The largest absolute Gasteiger partial charge is 0.396 e. The van der Waals surface area contributed by atoms with Crippen molar-refractivity contribution < 1.29 is 14.7 Å². The number of hydrogen-bond donors (Lipinski definition) is 1. The Morgan fingerprint density at radius 2 is 1.95 bits per heavy atom. The number of carbonyl (C=O) groups is 2. The van der Waals surface area contributed by atoms with E-state index in [-0.39, 0.29) is 12.5 Å². The molecule has 2 atom stereocenters. The maximum Gasteiger partial charge on any atom is 0.316 e. The Balaban J connectivity index is 1.78. The molecule has 0 aliphatic carbocycles. The van der Waals surface area contributed by atoms with Crippen LogP contribution in [-0.2, 0) is 9.59 Å². The summed E-state index contributed by atoms with van der Waals surface area (Å²) >= 11 is 0. The summed E-state index contributed by atoms with van der Waals surface area (Å²) in [4.78, 5) is 28.3. The molecule has 1 aromatic rings. The number of anilines is 1. The van der Waals surface area contributed by atoms with E-state index < -0.39 is 11.8 Å². The van der Waals surface area contributed by atoms with Crippen LogP contribution in [0.1, 0.15) is 31.2 Å². The summed E-state index contributed by atoms with van der Waals surface area (Å²) in [6.07, 6.45) is 1.64. The maximum absolute atomic E-state index is 12.6. The number of rotatable bonds is 1.